The van der Waals surface area contributed by atoms with Gasteiger partial charge in [-0.05, 0) is 19.2 Å². The Morgan fingerprint density at radius 1 is 1.23 bits per heavy atom. The van der Waals surface area contributed by atoms with Gasteiger partial charge in [0.1, 0.15) is 0 Å². The molecule has 0 aromatic carbocycles. The number of hydrogen-bond donors (Lipinski definition) is 0. The molecule has 2 saturated heterocycles. The zero-order valence-electron chi connectivity index (χ0n) is 7.31. The highest BCUT2D eigenvalue weighted by Crippen LogP contribution is 2.24. The maximum atomic E-state index is 5.68. The average molecular weight is 180 g/mol. The topological polar surface area (TPSA) is 34.8 Å². The van der Waals surface area contributed by atoms with E-state index in [2.05, 4.69) is 4.81 Å². The van der Waals surface area contributed by atoms with E-state index in [-0.39, 0.29) is 0 Å². The molecule has 2 fully saturated rings. The molecule has 3 rings (SSSR count). The Kier molecular flexibility index (Phi) is 1.53. The second-order valence-electron chi connectivity index (χ2n) is 3.46. The molecule has 1 aromatic rings. The Morgan fingerprint density at radius 2 is 2.00 bits per heavy atom. The normalized spacial score (nSPS) is 26.5. The van der Waals surface area contributed by atoms with Crippen molar-refractivity contribution < 1.29 is 13.7 Å². The van der Waals surface area contributed by atoms with Crippen LogP contribution in [0.5, 0.6) is 0 Å². The fraction of sp³-hybridized carbons (Fsp3) is 0.500. The highest BCUT2D eigenvalue weighted by atomic mass is 16.6. The summed E-state index contributed by atoms with van der Waals surface area (Å²) in [5, 5.41) is 0. The number of furan rings is 1. The number of rotatable bonds is 1. The van der Waals surface area contributed by atoms with Crippen molar-refractivity contribution in [2.45, 2.75) is 0 Å². The van der Waals surface area contributed by atoms with Crippen LogP contribution in [0.4, 0.5) is 0 Å². The third kappa shape index (κ3) is 0.920. The third-order valence-corrected chi connectivity index (χ3v) is 2.83. The van der Waals surface area contributed by atoms with Crippen LogP contribution in [0, 0.1) is 0 Å². The van der Waals surface area contributed by atoms with Crippen LogP contribution in [0.2, 0.25) is 0 Å². The highest BCUT2D eigenvalue weighted by molar-refractivity contribution is 6.78. The van der Waals surface area contributed by atoms with Gasteiger partial charge in [0.05, 0.1) is 6.26 Å². The van der Waals surface area contributed by atoms with Gasteiger partial charge in [-0.3, -0.25) is 0 Å². The fourth-order valence-corrected chi connectivity index (χ4v) is 2.21. The molecule has 0 spiro atoms. The SMILES string of the molecule is c1coc([B-]23OCCN2CCO3)c1. The zero-order chi connectivity index (χ0) is 8.73. The molecule has 70 valence electrons. The van der Waals surface area contributed by atoms with Crippen molar-refractivity contribution in [2.75, 3.05) is 26.3 Å². The summed E-state index contributed by atoms with van der Waals surface area (Å²) in [6.07, 6.45) is 1.66. The minimum absolute atomic E-state index is 0.737. The van der Waals surface area contributed by atoms with E-state index in [9.17, 15) is 0 Å². The lowest BCUT2D eigenvalue weighted by molar-refractivity contribution is 0.227. The number of hydrogen-bond acceptors (Lipinski definition) is 4. The summed E-state index contributed by atoms with van der Waals surface area (Å²) >= 11 is 0. The molecular formula is C8H11BNO3-. The van der Waals surface area contributed by atoms with E-state index in [0.29, 0.717) is 0 Å². The van der Waals surface area contributed by atoms with Crippen molar-refractivity contribution in [2.24, 2.45) is 0 Å². The summed E-state index contributed by atoms with van der Waals surface area (Å²) in [4.78, 5) is 2.22. The Bertz CT molecular complexity index is 290. The van der Waals surface area contributed by atoms with Crippen molar-refractivity contribution in [3.63, 3.8) is 0 Å². The van der Waals surface area contributed by atoms with E-state index in [1.807, 2.05) is 12.1 Å². The average Bonchev–Trinajstić information content (AvgIpc) is 2.79. The van der Waals surface area contributed by atoms with Crippen molar-refractivity contribution >= 4 is 12.3 Å². The van der Waals surface area contributed by atoms with Gasteiger partial charge in [-0.25, -0.2) is 0 Å². The third-order valence-electron chi connectivity index (χ3n) is 2.83. The lowest BCUT2D eigenvalue weighted by atomic mass is 9.68. The quantitative estimate of drug-likeness (QED) is 0.560. The first-order valence-corrected chi connectivity index (χ1v) is 4.62. The van der Waals surface area contributed by atoms with Crippen molar-refractivity contribution in [3.8, 4) is 0 Å². The van der Waals surface area contributed by atoms with Crippen molar-refractivity contribution in [1.29, 1.82) is 0 Å². The largest absolute Gasteiger partial charge is 0.548 e. The van der Waals surface area contributed by atoms with Crippen LogP contribution in [0.25, 0.3) is 0 Å². The monoisotopic (exact) mass is 180 g/mol. The van der Waals surface area contributed by atoms with Gasteiger partial charge in [-0.2, -0.15) is 0 Å². The smallest absolute Gasteiger partial charge is 0.382 e. The molecule has 2 aliphatic heterocycles. The van der Waals surface area contributed by atoms with Gasteiger partial charge in [0.15, 0.2) is 0 Å². The van der Waals surface area contributed by atoms with Crippen molar-refractivity contribution in [1.82, 2.24) is 4.81 Å². The molecule has 2 aliphatic rings. The van der Waals surface area contributed by atoms with Gasteiger partial charge in [0, 0.05) is 18.9 Å². The molecule has 0 saturated carbocycles. The molecule has 13 heavy (non-hydrogen) atoms. The minimum atomic E-state index is -1.40. The first-order valence-electron chi connectivity index (χ1n) is 4.62. The molecule has 0 aliphatic carbocycles. The summed E-state index contributed by atoms with van der Waals surface area (Å²) < 4.78 is 16.7. The zero-order valence-corrected chi connectivity index (χ0v) is 7.31. The Hall–Kier alpha value is -0.775. The fourth-order valence-electron chi connectivity index (χ4n) is 2.21. The van der Waals surface area contributed by atoms with Crippen molar-refractivity contribution in [3.05, 3.63) is 18.4 Å². The Labute approximate surface area is 76.4 Å². The number of fused-ring (bicyclic) bond motifs is 1. The molecule has 0 unspecified atom stereocenters. The number of nitrogens with zero attached hydrogens (tertiary/aromatic N) is 1. The van der Waals surface area contributed by atoms with Gasteiger partial charge < -0.3 is 18.5 Å². The van der Waals surface area contributed by atoms with Crippen LogP contribution in [-0.4, -0.2) is 37.8 Å². The molecular weight excluding hydrogens is 169 g/mol. The summed E-state index contributed by atoms with van der Waals surface area (Å²) in [5.74, 6) is 0. The maximum absolute atomic E-state index is 5.68. The summed E-state index contributed by atoms with van der Waals surface area (Å²) in [5.41, 5.74) is 0.815. The molecule has 5 heteroatoms. The predicted molar refractivity (Wildman–Crippen MR) is 47.6 cm³/mol. The molecule has 0 atom stereocenters. The summed E-state index contributed by atoms with van der Waals surface area (Å²) in [6, 6.07) is 3.79. The van der Waals surface area contributed by atoms with E-state index >= 15 is 0 Å². The lowest BCUT2D eigenvalue weighted by Gasteiger charge is -2.34. The van der Waals surface area contributed by atoms with Gasteiger partial charge in [0.25, 0.3) is 0 Å². The van der Waals surface area contributed by atoms with E-state index in [1.54, 1.807) is 6.26 Å². The predicted octanol–water partition coefficient (Wildman–Crippen LogP) is -0.212. The van der Waals surface area contributed by atoms with Gasteiger partial charge in [0.2, 0.25) is 0 Å². The maximum Gasteiger partial charge on any atom is 0.382 e. The van der Waals surface area contributed by atoms with Crippen LogP contribution >= 0.6 is 0 Å². The van der Waals surface area contributed by atoms with Gasteiger partial charge in [-0.15, -0.1) is 0 Å². The van der Waals surface area contributed by atoms with Gasteiger partial charge in [-0.1, -0.05) is 6.07 Å². The van der Waals surface area contributed by atoms with E-state index in [4.69, 9.17) is 13.7 Å². The summed E-state index contributed by atoms with van der Waals surface area (Å²) in [7, 11) is 0. The van der Waals surface area contributed by atoms with Crippen LogP contribution in [-0.2, 0) is 9.31 Å². The molecule has 0 N–H and O–H groups in total. The van der Waals surface area contributed by atoms with Crippen LogP contribution in [0.1, 0.15) is 0 Å². The first-order chi connectivity index (χ1) is 6.42. The molecule has 1 aromatic heterocycles. The first kappa shape index (κ1) is 7.61. The molecule has 3 heterocycles. The van der Waals surface area contributed by atoms with Gasteiger partial charge >= 0.3 is 6.69 Å². The lowest BCUT2D eigenvalue weighted by Crippen LogP contribution is -2.57. The molecule has 0 radical (unpaired) electrons. The van der Waals surface area contributed by atoms with E-state index < -0.39 is 6.69 Å². The second-order valence-corrected chi connectivity index (χ2v) is 3.46. The highest BCUT2D eigenvalue weighted by Gasteiger charge is 2.45. The van der Waals surface area contributed by atoms with E-state index in [1.165, 1.54) is 0 Å². The van der Waals surface area contributed by atoms with Crippen LogP contribution in [0.3, 0.4) is 0 Å². The Morgan fingerprint density at radius 3 is 2.62 bits per heavy atom. The standard InChI is InChI=1S/C8H11BNO3/c1-2-8(11-5-1)9-10(3-6-12-9)4-7-13-9/h1-2,5H,3-4,6-7H2/q-1. The molecule has 4 nitrogen and oxygen atoms in total. The Balaban J connectivity index is 2.03. The molecule has 0 amide bonds. The summed E-state index contributed by atoms with van der Waals surface area (Å²) in [6.45, 7) is 1.96. The van der Waals surface area contributed by atoms with E-state index in [0.717, 1.165) is 32.0 Å². The minimum Gasteiger partial charge on any atom is -0.548 e. The van der Waals surface area contributed by atoms with Crippen LogP contribution in [0.15, 0.2) is 22.8 Å². The molecule has 0 bridgehead atoms. The second kappa shape index (κ2) is 2.61. The van der Waals surface area contributed by atoms with Crippen LogP contribution < -0.4 is 5.66 Å².